The molecule has 3 unspecified atom stereocenters. The van der Waals surface area contributed by atoms with Gasteiger partial charge in [-0.25, -0.2) is 0 Å². The van der Waals surface area contributed by atoms with Gasteiger partial charge in [0.05, 0.1) is 0 Å². The van der Waals surface area contributed by atoms with E-state index in [2.05, 4.69) is 34.6 Å². The molecule has 0 aromatic heterocycles. The Morgan fingerprint density at radius 3 is 2.17 bits per heavy atom. The zero-order valence-corrected chi connectivity index (χ0v) is 9.35. The molecule has 0 aliphatic heterocycles. The molecule has 0 radical (unpaired) electrons. The van der Waals surface area contributed by atoms with Crippen molar-refractivity contribution in [1.82, 2.24) is 0 Å². The predicted octanol–water partition coefficient (Wildman–Crippen LogP) is 4.10. The lowest BCUT2D eigenvalue weighted by Crippen LogP contribution is -2.25. The molecule has 0 nitrogen and oxygen atoms in total. The molecule has 0 saturated heterocycles. The summed E-state index contributed by atoms with van der Waals surface area (Å²) in [7, 11) is 0. The third-order valence-corrected chi connectivity index (χ3v) is 4.08. The zero-order chi connectivity index (χ0) is 9.35. The first-order valence-corrected chi connectivity index (χ1v) is 5.43. The van der Waals surface area contributed by atoms with Gasteiger partial charge < -0.3 is 0 Å². The van der Waals surface area contributed by atoms with Crippen LogP contribution in [0, 0.1) is 23.2 Å². The van der Waals surface area contributed by atoms with Crippen molar-refractivity contribution in [3.8, 4) is 0 Å². The minimum absolute atomic E-state index is 0.565. The third-order valence-electron chi connectivity index (χ3n) is 4.08. The molecule has 1 saturated carbocycles. The molecule has 1 rings (SSSR count). The predicted molar refractivity (Wildman–Crippen MR) is 55.1 cm³/mol. The molecule has 0 heteroatoms. The SMILES string of the molecule is CC1CCC(C)C(C)C(C)(C)C1. The van der Waals surface area contributed by atoms with Crippen LogP contribution in [0.1, 0.15) is 53.9 Å². The van der Waals surface area contributed by atoms with Crippen LogP contribution in [0.5, 0.6) is 0 Å². The Kier molecular flexibility index (Phi) is 2.85. The molecule has 0 aromatic rings. The Bertz CT molecular complexity index is 146. The summed E-state index contributed by atoms with van der Waals surface area (Å²) in [5, 5.41) is 0. The Labute approximate surface area is 77.7 Å². The lowest BCUT2D eigenvalue weighted by molar-refractivity contribution is 0.157. The molecular weight excluding hydrogens is 144 g/mol. The normalized spacial score (nSPS) is 42.2. The van der Waals surface area contributed by atoms with Crippen LogP contribution >= 0.6 is 0 Å². The topological polar surface area (TPSA) is 0 Å². The molecule has 1 fully saturated rings. The van der Waals surface area contributed by atoms with E-state index in [9.17, 15) is 0 Å². The van der Waals surface area contributed by atoms with Gasteiger partial charge in [-0.2, -0.15) is 0 Å². The van der Waals surface area contributed by atoms with Crippen molar-refractivity contribution in [3.05, 3.63) is 0 Å². The van der Waals surface area contributed by atoms with Crippen molar-refractivity contribution in [2.24, 2.45) is 23.2 Å². The van der Waals surface area contributed by atoms with Gasteiger partial charge in [0.1, 0.15) is 0 Å². The highest BCUT2D eigenvalue weighted by Gasteiger charge is 2.33. The highest BCUT2D eigenvalue weighted by Crippen LogP contribution is 2.43. The second kappa shape index (κ2) is 3.40. The van der Waals surface area contributed by atoms with E-state index in [4.69, 9.17) is 0 Å². The number of rotatable bonds is 0. The van der Waals surface area contributed by atoms with Crippen LogP contribution < -0.4 is 0 Å². The highest BCUT2D eigenvalue weighted by atomic mass is 14.4. The molecule has 0 aromatic carbocycles. The summed E-state index contributed by atoms with van der Waals surface area (Å²) in [4.78, 5) is 0. The van der Waals surface area contributed by atoms with E-state index in [1.165, 1.54) is 19.3 Å². The first-order chi connectivity index (χ1) is 5.43. The largest absolute Gasteiger partial charge is 0.0625 e. The van der Waals surface area contributed by atoms with Gasteiger partial charge >= 0.3 is 0 Å². The smallest absolute Gasteiger partial charge is 0.0323 e. The third kappa shape index (κ3) is 2.02. The lowest BCUT2D eigenvalue weighted by atomic mass is 9.71. The minimum Gasteiger partial charge on any atom is -0.0625 e. The van der Waals surface area contributed by atoms with Crippen molar-refractivity contribution >= 4 is 0 Å². The van der Waals surface area contributed by atoms with Crippen molar-refractivity contribution in [2.45, 2.75) is 53.9 Å². The fourth-order valence-electron chi connectivity index (χ4n) is 2.75. The van der Waals surface area contributed by atoms with Crippen molar-refractivity contribution < 1.29 is 0 Å². The second-order valence-electron chi connectivity index (χ2n) is 5.64. The van der Waals surface area contributed by atoms with E-state index in [0.717, 1.165) is 17.8 Å². The molecule has 1 aliphatic carbocycles. The molecule has 0 spiro atoms. The van der Waals surface area contributed by atoms with Gasteiger partial charge in [0.2, 0.25) is 0 Å². The molecule has 0 bridgehead atoms. The maximum atomic E-state index is 2.44. The second-order valence-corrected chi connectivity index (χ2v) is 5.64. The van der Waals surface area contributed by atoms with Crippen molar-refractivity contribution in [3.63, 3.8) is 0 Å². The van der Waals surface area contributed by atoms with Gasteiger partial charge in [0, 0.05) is 0 Å². The molecular formula is C12H24. The van der Waals surface area contributed by atoms with Crippen LogP contribution in [-0.2, 0) is 0 Å². The van der Waals surface area contributed by atoms with Crippen molar-refractivity contribution in [1.29, 1.82) is 0 Å². The van der Waals surface area contributed by atoms with Gasteiger partial charge in [-0.3, -0.25) is 0 Å². The Balaban J connectivity index is 2.72. The van der Waals surface area contributed by atoms with Gasteiger partial charge in [-0.05, 0) is 29.6 Å². The van der Waals surface area contributed by atoms with Crippen LogP contribution in [0.25, 0.3) is 0 Å². The maximum Gasteiger partial charge on any atom is -0.0323 e. The standard InChI is InChI=1S/C12H24/c1-9-6-7-10(2)11(3)12(4,5)8-9/h9-11H,6-8H2,1-5H3. The molecule has 72 valence electrons. The highest BCUT2D eigenvalue weighted by molar-refractivity contribution is 4.84. The van der Waals surface area contributed by atoms with Crippen LogP contribution in [0.4, 0.5) is 0 Å². The zero-order valence-electron chi connectivity index (χ0n) is 9.35. The van der Waals surface area contributed by atoms with Crippen LogP contribution in [0.2, 0.25) is 0 Å². The molecule has 12 heavy (non-hydrogen) atoms. The van der Waals surface area contributed by atoms with E-state index in [0.29, 0.717) is 5.41 Å². The van der Waals surface area contributed by atoms with E-state index < -0.39 is 0 Å². The van der Waals surface area contributed by atoms with Crippen LogP contribution in [0.15, 0.2) is 0 Å². The van der Waals surface area contributed by atoms with Crippen LogP contribution in [-0.4, -0.2) is 0 Å². The summed E-state index contributed by atoms with van der Waals surface area (Å²) >= 11 is 0. The quantitative estimate of drug-likeness (QED) is 0.478. The summed E-state index contributed by atoms with van der Waals surface area (Å²) in [6, 6.07) is 0. The number of hydrogen-bond donors (Lipinski definition) is 0. The molecule has 3 atom stereocenters. The summed E-state index contributed by atoms with van der Waals surface area (Å²) < 4.78 is 0. The Morgan fingerprint density at radius 2 is 1.58 bits per heavy atom. The monoisotopic (exact) mass is 168 g/mol. The average Bonchev–Trinajstić information content (AvgIpc) is 2.03. The average molecular weight is 168 g/mol. The first kappa shape index (κ1) is 10.1. The minimum atomic E-state index is 0.565. The van der Waals surface area contributed by atoms with Gasteiger partial charge in [-0.1, -0.05) is 47.5 Å². The fraction of sp³-hybridized carbons (Fsp3) is 1.00. The lowest BCUT2D eigenvalue weighted by Gasteiger charge is -2.34. The van der Waals surface area contributed by atoms with Gasteiger partial charge in [-0.15, -0.1) is 0 Å². The van der Waals surface area contributed by atoms with E-state index >= 15 is 0 Å². The van der Waals surface area contributed by atoms with Crippen molar-refractivity contribution in [2.75, 3.05) is 0 Å². The Morgan fingerprint density at radius 1 is 1.00 bits per heavy atom. The first-order valence-electron chi connectivity index (χ1n) is 5.43. The fourth-order valence-corrected chi connectivity index (χ4v) is 2.75. The summed E-state index contributed by atoms with van der Waals surface area (Å²) in [6.45, 7) is 12.1. The van der Waals surface area contributed by atoms with Gasteiger partial charge in [0.15, 0.2) is 0 Å². The summed E-state index contributed by atoms with van der Waals surface area (Å²) in [5.41, 5.74) is 0.565. The van der Waals surface area contributed by atoms with Gasteiger partial charge in [0.25, 0.3) is 0 Å². The van der Waals surface area contributed by atoms with E-state index in [-0.39, 0.29) is 0 Å². The Hall–Kier alpha value is 0. The van der Waals surface area contributed by atoms with Crippen LogP contribution in [0.3, 0.4) is 0 Å². The molecule has 0 heterocycles. The summed E-state index contributed by atoms with van der Waals surface area (Å²) in [5.74, 6) is 2.75. The maximum absolute atomic E-state index is 2.44. The van der Waals surface area contributed by atoms with E-state index in [1.54, 1.807) is 0 Å². The molecule has 0 amide bonds. The number of hydrogen-bond acceptors (Lipinski definition) is 0. The molecule has 1 aliphatic rings. The van der Waals surface area contributed by atoms with E-state index in [1.807, 2.05) is 0 Å². The summed E-state index contributed by atoms with van der Waals surface area (Å²) in [6.07, 6.45) is 4.29. The molecule has 0 N–H and O–H groups in total.